The molecule has 19 heavy (non-hydrogen) atoms. The first kappa shape index (κ1) is 13.5. The van der Waals surface area contributed by atoms with Crippen LogP contribution in [-0.4, -0.2) is 21.4 Å². The number of rotatable bonds is 5. The van der Waals surface area contributed by atoms with E-state index in [1.54, 1.807) is 6.20 Å². The molecule has 2 rings (SSSR count). The van der Waals surface area contributed by atoms with E-state index >= 15 is 0 Å². The number of hydrogen-bond acceptors (Lipinski definition) is 2. The molecule has 0 atom stereocenters. The van der Waals surface area contributed by atoms with E-state index < -0.39 is 0 Å². The van der Waals surface area contributed by atoms with Gasteiger partial charge in [0.15, 0.2) is 5.11 Å². The second-order valence-corrected chi connectivity index (χ2v) is 4.70. The van der Waals surface area contributed by atoms with Gasteiger partial charge in [-0.05, 0) is 24.2 Å². The van der Waals surface area contributed by atoms with Crippen LogP contribution in [0.2, 0.25) is 0 Å². The Morgan fingerprint density at radius 1 is 1.32 bits per heavy atom. The van der Waals surface area contributed by atoms with Crippen molar-refractivity contribution in [3.8, 4) is 0 Å². The Labute approximate surface area is 118 Å². The maximum Gasteiger partial charge on any atom is 0.170 e. The van der Waals surface area contributed by atoms with E-state index in [-0.39, 0.29) is 0 Å². The molecule has 2 aromatic rings. The van der Waals surface area contributed by atoms with Crippen molar-refractivity contribution in [1.82, 2.24) is 15.1 Å². The predicted molar refractivity (Wildman–Crippen MR) is 82.3 cm³/mol. The van der Waals surface area contributed by atoms with Crippen LogP contribution in [0.4, 0.5) is 5.69 Å². The van der Waals surface area contributed by atoms with Crippen molar-refractivity contribution in [2.75, 3.05) is 11.9 Å². The molecule has 0 bridgehead atoms. The molecule has 0 aliphatic heterocycles. The molecular weight excluding hydrogens is 256 g/mol. The summed E-state index contributed by atoms with van der Waals surface area (Å²) in [5, 5.41) is 11.2. The second-order valence-electron chi connectivity index (χ2n) is 4.29. The highest BCUT2D eigenvalue weighted by Gasteiger charge is 2.01. The van der Waals surface area contributed by atoms with E-state index in [4.69, 9.17) is 12.2 Å². The molecule has 4 nitrogen and oxygen atoms in total. The number of benzene rings is 1. The highest BCUT2D eigenvalue weighted by Crippen LogP contribution is 2.07. The molecule has 2 N–H and O–H groups in total. The van der Waals surface area contributed by atoms with Crippen molar-refractivity contribution in [3.05, 3.63) is 48.3 Å². The van der Waals surface area contributed by atoms with Crippen LogP contribution in [0.3, 0.4) is 0 Å². The summed E-state index contributed by atoms with van der Waals surface area (Å²) in [5.41, 5.74) is 2.13. The topological polar surface area (TPSA) is 41.9 Å². The summed E-state index contributed by atoms with van der Waals surface area (Å²) in [5.74, 6) is 0. The van der Waals surface area contributed by atoms with Crippen LogP contribution in [0.15, 0.2) is 42.7 Å². The van der Waals surface area contributed by atoms with Crippen molar-refractivity contribution in [2.24, 2.45) is 0 Å². The van der Waals surface area contributed by atoms with Crippen LogP contribution in [0.5, 0.6) is 0 Å². The zero-order valence-electron chi connectivity index (χ0n) is 11.0. The van der Waals surface area contributed by atoms with Gasteiger partial charge in [-0.25, -0.2) is 0 Å². The number of hydrogen-bond donors (Lipinski definition) is 2. The van der Waals surface area contributed by atoms with Crippen LogP contribution in [-0.2, 0) is 6.54 Å². The maximum absolute atomic E-state index is 5.18. The Bertz CT molecular complexity index is 521. The Kier molecular flexibility index (Phi) is 4.92. The molecule has 1 heterocycles. The monoisotopic (exact) mass is 274 g/mol. The minimum atomic E-state index is 0.640. The highest BCUT2D eigenvalue weighted by atomic mass is 32.1. The SMILES string of the molecule is CCCNC(=S)Nc1cnn(Cc2ccccc2)c1. The van der Waals surface area contributed by atoms with E-state index in [2.05, 4.69) is 34.8 Å². The molecule has 5 heteroatoms. The molecule has 0 saturated heterocycles. The molecule has 100 valence electrons. The first-order valence-electron chi connectivity index (χ1n) is 6.39. The quantitative estimate of drug-likeness (QED) is 0.823. The van der Waals surface area contributed by atoms with Crippen molar-refractivity contribution >= 4 is 23.0 Å². The fraction of sp³-hybridized carbons (Fsp3) is 0.286. The van der Waals surface area contributed by atoms with Crippen LogP contribution in [0.1, 0.15) is 18.9 Å². The number of nitrogens with one attached hydrogen (secondary N) is 2. The lowest BCUT2D eigenvalue weighted by Gasteiger charge is -2.07. The lowest BCUT2D eigenvalue weighted by molar-refractivity contribution is 0.687. The molecule has 0 aliphatic carbocycles. The zero-order chi connectivity index (χ0) is 13.5. The standard InChI is InChI=1S/C14H18N4S/c1-2-8-15-14(19)17-13-9-16-18(11-13)10-12-6-4-3-5-7-12/h3-7,9,11H,2,8,10H2,1H3,(H2,15,17,19). The molecule has 0 spiro atoms. The van der Waals surface area contributed by atoms with Crippen LogP contribution in [0.25, 0.3) is 0 Å². The normalized spacial score (nSPS) is 10.2. The Hall–Kier alpha value is -1.88. The smallest absolute Gasteiger partial charge is 0.170 e. The Balaban J connectivity index is 1.90. The Morgan fingerprint density at radius 3 is 2.84 bits per heavy atom. The second kappa shape index (κ2) is 6.89. The van der Waals surface area contributed by atoms with E-state index in [9.17, 15) is 0 Å². The number of nitrogens with zero attached hydrogens (tertiary/aromatic N) is 2. The van der Waals surface area contributed by atoms with E-state index in [0.717, 1.165) is 25.2 Å². The molecule has 0 amide bonds. The van der Waals surface area contributed by atoms with E-state index in [0.29, 0.717) is 5.11 Å². The van der Waals surface area contributed by atoms with E-state index in [1.165, 1.54) is 5.56 Å². The molecule has 0 fully saturated rings. The minimum Gasteiger partial charge on any atom is -0.362 e. The third kappa shape index (κ3) is 4.37. The zero-order valence-corrected chi connectivity index (χ0v) is 11.8. The van der Waals surface area contributed by atoms with Gasteiger partial charge in [0, 0.05) is 12.7 Å². The summed E-state index contributed by atoms with van der Waals surface area (Å²) in [6, 6.07) is 10.2. The average Bonchev–Trinajstić information content (AvgIpc) is 2.85. The average molecular weight is 274 g/mol. The van der Waals surface area contributed by atoms with Gasteiger partial charge in [-0.15, -0.1) is 0 Å². The minimum absolute atomic E-state index is 0.640. The summed E-state index contributed by atoms with van der Waals surface area (Å²) < 4.78 is 1.89. The van der Waals surface area contributed by atoms with Crippen molar-refractivity contribution < 1.29 is 0 Å². The Morgan fingerprint density at radius 2 is 2.11 bits per heavy atom. The fourth-order valence-electron chi connectivity index (χ4n) is 1.70. The van der Waals surface area contributed by atoms with Gasteiger partial charge < -0.3 is 10.6 Å². The van der Waals surface area contributed by atoms with Crippen LogP contribution >= 0.6 is 12.2 Å². The van der Waals surface area contributed by atoms with Gasteiger partial charge in [0.1, 0.15) is 0 Å². The molecule has 0 aliphatic rings. The first-order chi connectivity index (χ1) is 9.28. The van der Waals surface area contributed by atoms with Gasteiger partial charge in [-0.2, -0.15) is 5.10 Å². The molecule has 0 radical (unpaired) electrons. The largest absolute Gasteiger partial charge is 0.362 e. The summed E-state index contributed by atoms with van der Waals surface area (Å²) in [6.45, 7) is 3.75. The van der Waals surface area contributed by atoms with Gasteiger partial charge >= 0.3 is 0 Å². The lowest BCUT2D eigenvalue weighted by Crippen LogP contribution is -2.28. The van der Waals surface area contributed by atoms with Gasteiger partial charge in [0.25, 0.3) is 0 Å². The third-order valence-corrected chi connectivity index (χ3v) is 2.86. The molecule has 1 aromatic heterocycles. The molecule has 1 aromatic carbocycles. The van der Waals surface area contributed by atoms with Crippen LogP contribution in [0, 0.1) is 0 Å². The molecular formula is C14H18N4S. The lowest BCUT2D eigenvalue weighted by atomic mass is 10.2. The van der Waals surface area contributed by atoms with Crippen molar-refractivity contribution in [2.45, 2.75) is 19.9 Å². The summed E-state index contributed by atoms with van der Waals surface area (Å²) in [4.78, 5) is 0. The number of aromatic nitrogens is 2. The summed E-state index contributed by atoms with van der Waals surface area (Å²) in [7, 11) is 0. The van der Waals surface area contributed by atoms with Gasteiger partial charge in [0.05, 0.1) is 18.4 Å². The summed E-state index contributed by atoms with van der Waals surface area (Å²) >= 11 is 5.18. The van der Waals surface area contributed by atoms with Gasteiger partial charge in [-0.3, -0.25) is 4.68 Å². The summed E-state index contributed by atoms with van der Waals surface area (Å²) in [6.07, 6.45) is 4.78. The van der Waals surface area contributed by atoms with Crippen molar-refractivity contribution in [1.29, 1.82) is 0 Å². The van der Waals surface area contributed by atoms with E-state index in [1.807, 2.05) is 29.1 Å². The third-order valence-electron chi connectivity index (χ3n) is 2.61. The first-order valence-corrected chi connectivity index (χ1v) is 6.80. The van der Waals surface area contributed by atoms with Crippen LogP contribution < -0.4 is 10.6 Å². The number of thiocarbonyl (C=S) groups is 1. The molecule has 0 unspecified atom stereocenters. The fourth-order valence-corrected chi connectivity index (χ4v) is 1.92. The number of anilines is 1. The van der Waals surface area contributed by atoms with Gasteiger partial charge in [-0.1, -0.05) is 37.3 Å². The highest BCUT2D eigenvalue weighted by molar-refractivity contribution is 7.80. The predicted octanol–water partition coefficient (Wildman–Crippen LogP) is 2.63. The molecule has 0 saturated carbocycles. The van der Waals surface area contributed by atoms with Crippen molar-refractivity contribution in [3.63, 3.8) is 0 Å². The maximum atomic E-state index is 5.18. The van der Waals surface area contributed by atoms with Gasteiger partial charge in [0.2, 0.25) is 0 Å².